The molecule has 0 aliphatic rings. The second kappa shape index (κ2) is 8.05. The molecular formula is C15H14BrNO3S. The van der Waals surface area contributed by atoms with Crippen molar-refractivity contribution in [3.8, 4) is 5.75 Å². The first-order valence-electron chi connectivity index (χ1n) is 6.34. The van der Waals surface area contributed by atoms with Crippen molar-refractivity contribution < 1.29 is 9.66 Å². The maximum Gasteiger partial charge on any atom is 0.311 e. The summed E-state index contributed by atoms with van der Waals surface area (Å²) in [5.74, 6) is 1.06. The van der Waals surface area contributed by atoms with Gasteiger partial charge in [0.1, 0.15) is 0 Å². The van der Waals surface area contributed by atoms with Crippen LogP contribution in [0.3, 0.4) is 0 Å². The zero-order valence-corrected chi connectivity index (χ0v) is 13.6. The topological polar surface area (TPSA) is 52.4 Å². The molecule has 0 spiro atoms. The number of hydrogen-bond acceptors (Lipinski definition) is 4. The summed E-state index contributed by atoms with van der Waals surface area (Å²) in [6.45, 7) is 0.425. The highest BCUT2D eigenvalue weighted by molar-refractivity contribution is 9.08. The predicted octanol–water partition coefficient (Wildman–Crippen LogP) is 4.66. The normalized spacial score (nSPS) is 10.3. The Labute approximate surface area is 135 Å². The van der Waals surface area contributed by atoms with Gasteiger partial charge in [0.2, 0.25) is 0 Å². The molecule has 0 bridgehead atoms. The third-order valence-corrected chi connectivity index (χ3v) is 4.35. The number of alkyl halides is 1. The Morgan fingerprint density at radius 3 is 2.62 bits per heavy atom. The van der Waals surface area contributed by atoms with Crippen LogP contribution in [-0.2, 0) is 5.33 Å². The van der Waals surface area contributed by atoms with Crippen LogP contribution in [-0.4, -0.2) is 17.3 Å². The van der Waals surface area contributed by atoms with E-state index in [1.807, 2.05) is 36.4 Å². The molecule has 0 fully saturated rings. The Balaban J connectivity index is 1.92. The Morgan fingerprint density at radius 1 is 1.19 bits per heavy atom. The minimum atomic E-state index is -0.411. The third-order valence-electron chi connectivity index (χ3n) is 2.73. The fraction of sp³-hybridized carbons (Fsp3) is 0.200. The largest absolute Gasteiger partial charge is 0.486 e. The van der Waals surface area contributed by atoms with E-state index in [4.69, 9.17) is 4.74 Å². The summed E-state index contributed by atoms with van der Waals surface area (Å²) in [5, 5.41) is 11.6. The lowest BCUT2D eigenvalue weighted by Gasteiger charge is -2.07. The maximum absolute atomic E-state index is 11.0. The molecule has 0 amide bonds. The van der Waals surface area contributed by atoms with Crippen LogP contribution in [0.2, 0.25) is 0 Å². The summed E-state index contributed by atoms with van der Waals surface area (Å²) in [5.41, 5.74) is 0.865. The molecule has 0 N–H and O–H groups in total. The zero-order valence-electron chi connectivity index (χ0n) is 11.2. The molecule has 0 atom stereocenters. The Morgan fingerprint density at radius 2 is 1.95 bits per heavy atom. The lowest BCUT2D eigenvalue weighted by atomic mass is 10.2. The average Bonchev–Trinajstić information content (AvgIpc) is 2.52. The van der Waals surface area contributed by atoms with Gasteiger partial charge in [-0.25, -0.2) is 0 Å². The van der Waals surface area contributed by atoms with E-state index in [0.717, 1.165) is 16.2 Å². The molecule has 0 radical (unpaired) electrons. The Bertz CT molecular complexity index is 607. The standard InChI is InChI=1S/C15H14BrNO3S/c16-11-12-6-7-15(14(10-12)17(18)19)20-8-9-21-13-4-2-1-3-5-13/h1-7,10H,8-9,11H2. The van der Waals surface area contributed by atoms with Gasteiger partial charge in [0.25, 0.3) is 0 Å². The van der Waals surface area contributed by atoms with Crippen LogP contribution in [0.4, 0.5) is 5.69 Å². The molecule has 6 heteroatoms. The van der Waals surface area contributed by atoms with E-state index >= 15 is 0 Å². The fourth-order valence-electron chi connectivity index (χ4n) is 1.74. The Kier molecular flexibility index (Phi) is 6.07. The van der Waals surface area contributed by atoms with Gasteiger partial charge in [0.15, 0.2) is 5.75 Å². The molecule has 2 rings (SSSR count). The molecule has 0 saturated carbocycles. The van der Waals surface area contributed by atoms with E-state index in [9.17, 15) is 10.1 Å². The minimum Gasteiger partial charge on any atom is -0.486 e. The number of benzene rings is 2. The van der Waals surface area contributed by atoms with Gasteiger partial charge >= 0.3 is 5.69 Å². The number of nitro groups is 1. The van der Waals surface area contributed by atoms with Crippen molar-refractivity contribution >= 4 is 33.4 Å². The molecular weight excluding hydrogens is 354 g/mol. The van der Waals surface area contributed by atoms with Crippen LogP contribution in [0.25, 0.3) is 0 Å². The molecule has 0 unspecified atom stereocenters. The van der Waals surface area contributed by atoms with E-state index in [1.54, 1.807) is 17.8 Å². The molecule has 21 heavy (non-hydrogen) atoms. The van der Waals surface area contributed by atoms with E-state index in [-0.39, 0.29) is 5.69 Å². The second-order valence-corrected chi connectivity index (χ2v) is 5.93. The van der Waals surface area contributed by atoms with Crippen LogP contribution in [0.5, 0.6) is 5.75 Å². The molecule has 2 aromatic rings. The maximum atomic E-state index is 11.0. The molecule has 2 aromatic carbocycles. The van der Waals surface area contributed by atoms with Crippen molar-refractivity contribution in [3.05, 3.63) is 64.2 Å². The first-order chi connectivity index (χ1) is 10.2. The summed E-state index contributed by atoms with van der Waals surface area (Å²) < 4.78 is 5.54. The number of hydrogen-bond donors (Lipinski definition) is 0. The van der Waals surface area contributed by atoms with Crippen molar-refractivity contribution in [2.24, 2.45) is 0 Å². The highest BCUT2D eigenvalue weighted by Gasteiger charge is 2.15. The van der Waals surface area contributed by atoms with Crippen LogP contribution < -0.4 is 4.74 Å². The van der Waals surface area contributed by atoms with Crippen molar-refractivity contribution in [1.29, 1.82) is 0 Å². The summed E-state index contributed by atoms with van der Waals surface area (Å²) in [6, 6.07) is 15.0. The number of nitro benzene ring substituents is 1. The minimum absolute atomic E-state index is 0.0108. The molecule has 4 nitrogen and oxygen atoms in total. The van der Waals surface area contributed by atoms with Crippen LogP contribution >= 0.6 is 27.7 Å². The van der Waals surface area contributed by atoms with Crippen molar-refractivity contribution in [2.75, 3.05) is 12.4 Å². The van der Waals surface area contributed by atoms with Gasteiger partial charge in [0, 0.05) is 22.0 Å². The molecule has 110 valence electrons. The highest BCUT2D eigenvalue weighted by atomic mass is 79.9. The summed E-state index contributed by atoms with van der Waals surface area (Å²) in [4.78, 5) is 11.8. The zero-order chi connectivity index (χ0) is 15.1. The Hall–Kier alpha value is -1.53. The van der Waals surface area contributed by atoms with Crippen molar-refractivity contribution in [1.82, 2.24) is 0 Å². The van der Waals surface area contributed by atoms with Gasteiger partial charge in [-0.3, -0.25) is 10.1 Å². The average molecular weight is 368 g/mol. The monoisotopic (exact) mass is 367 g/mol. The molecule has 0 saturated heterocycles. The SMILES string of the molecule is O=[N+]([O-])c1cc(CBr)ccc1OCCSc1ccccc1. The quantitative estimate of drug-likeness (QED) is 0.235. The summed E-state index contributed by atoms with van der Waals surface area (Å²) in [6.07, 6.45) is 0. The number of thioether (sulfide) groups is 1. The fourth-order valence-corrected chi connectivity index (χ4v) is 2.84. The first-order valence-corrected chi connectivity index (χ1v) is 8.45. The van der Waals surface area contributed by atoms with Gasteiger partial charge < -0.3 is 4.74 Å². The lowest BCUT2D eigenvalue weighted by Crippen LogP contribution is -2.03. The first kappa shape index (κ1) is 15.9. The number of rotatable bonds is 7. The van der Waals surface area contributed by atoms with Gasteiger partial charge in [-0.1, -0.05) is 40.2 Å². The van der Waals surface area contributed by atoms with Gasteiger partial charge in [-0.2, -0.15) is 0 Å². The van der Waals surface area contributed by atoms with Crippen molar-refractivity contribution in [3.63, 3.8) is 0 Å². The van der Waals surface area contributed by atoms with Crippen molar-refractivity contribution in [2.45, 2.75) is 10.2 Å². The number of nitrogens with zero attached hydrogens (tertiary/aromatic N) is 1. The van der Waals surface area contributed by atoms with Crippen LogP contribution in [0.15, 0.2) is 53.4 Å². The van der Waals surface area contributed by atoms with Gasteiger partial charge in [0.05, 0.1) is 11.5 Å². The van der Waals surface area contributed by atoms with Gasteiger partial charge in [-0.15, -0.1) is 11.8 Å². The molecule has 0 aliphatic carbocycles. The lowest BCUT2D eigenvalue weighted by molar-refractivity contribution is -0.385. The third kappa shape index (κ3) is 4.75. The van der Waals surface area contributed by atoms with Crippen LogP contribution in [0.1, 0.15) is 5.56 Å². The second-order valence-electron chi connectivity index (χ2n) is 4.20. The molecule has 0 heterocycles. The predicted molar refractivity (Wildman–Crippen MR) is 88.4 cm³/mol. The highest BCUT2D eigenvalue weighted by Crippen LogP contribution is 2.29. The summed E-state index contributed by atoms with van der Waals surface area (Å²) in [7, 11) is 0. The smallest absolute Gasteiger partial charge is 0.311 e. The molecule has 0 aliphatic heterocycles. The number of ether oxygens (including phenoxy) is 1. The number of halogens is 1. The summed E-state index contributed by atoms with van der Waals surface area (Å²) >= 11 is 4.95. The van der Waals surface area contributed by atoms with Gasteiger partial charge in [-0.05, 0) is 23.8 Å². The van der Waals surface area contributed by atoms with E-state index in [2.05, 4.69) is 15.9 Å². The van der Waals surface area contributed by atoms with Crippen LogP contribution in [0, 0.1) is 10.1 Å². The van der Waals surface area contributed by atoms with E-state index < -0.39 is 4.92 Å². The molecule has 0 aromatic heterocycles. The van der Waals surface area contributed by atoms with E-state index in [1.165, 1.54) is 6.07 Å². The van der Waals surface area contributed by atoms with E-state index in [0.29, 0.717) is 17.7 Å².